The maximum absolute atomic E-state index is 11.6. The van der Waals surface area contributed by atoms with Crippen LogP contribution < -0.4 is 4.74 Å². The van der Waals surface area contributed by atoms with Crippen molar-refractivity contribution in [3.05, 3.63) is 50.1 Å². The second kappa shape index (κ2) is 10.3. The van der Waals surface area contributed by atoms with Crippen molar-refractivity contribution in [2.24, 2.45) is 5.92 Å². The van der Waals surface area contributed by atoms with E-state index in [9.17, 15) is 25.0 Å². The lowest BCUT2D eigenvalue weighted by Gasteiger charge is -2.08. The van der Waals surface area contributed by atoms with Crippen LogP contribution in [0.15, 0.2) is 24.3 Å². The summed E-state index contributed by atoms with van der Waals surface area (Å²) in [6.45, 7) is 5.84. The number of unbranched alkanes of at least 4 members (excludes halogenated alkanes) is 2. The first-order valence-corrected chi connectivity index (χ1v) is 8.56. The van der Waals surface area contributed by atoms with Gasteiger partial charge in [0.1, 0.15) is 0 Å². The molecule has 0 bridgehead atoms. The smallest absolute Gasteiger partial charge is 0.336 e. The third kappa shape index (κ3) is 6.62. The van der Waals surface area contributed by atoms with Gasteiger partial charge in [-0.2, -0.15) is 0 Å². The molecule has 142 valence electrons. The molecule has 0 aliphatic heterocycles. The number of esters is 1. The van der Waals surface area contributed by atoms with Gasteiger partial charge in [-0.3, -0.25) is 20.2 Å². The summed E-state index contributed by atoms with van der Waals surface area (Å²) in [6.07, 6.45) is 6.77. The minimum Gasteiger partial charge on any atom is -0.409 e. The molecule has 8 heteroatoms. The molecule has 0 amide bonds. The number of nitro benzene ring substituents is 2. The zero-order chi connectivity index (χ0) is 19.7. The Labute approximate surface area is 152 Å². The Hall–Kier alpha value is -2.77. The van der Waals surface area contributed by atoms with Crippen molar-refractivity contribution >= 4 is 17.3 Å². The monoisotopic (exact) mass is 364 g/mol. The van der Waals surface area contributed by atoms with Crippen LogP contribution in [0.25, 0.3) is 0 Å². The molecule has 1 aromatic carbocycles. The van der Waals surface area contributed by atoms with Crippen LogP contribution >= 0.6 is 0 Å². The lowest BCUT2D eigenvalue weighted by atomic mass is 10.0. The molecule has 0 fully saturated rings. The van der Waals surface area contributed by atoms with Gasteiger partial charge in [-0.05, 0) is 31.2 Å². The summed E-state index contributed by atoms with van der Waals surface area (Å²) in [4.78, 5) is 32.7. The quantitative estimate of drug-likeness (QED) is 0.148. The average Bonchev–Trinajstić information content (AvgIpc) is 2.54. The minimum atomic E-state index is -0.903. The highest BCUT2D eigenvalue weighted by Crippen LogP contribution is 2.38. The van der Waals surface area contributed by atoms with E-state index in [1.165, 1.54) is 18.2 Å². The van der Waals surface area contributed by atoms with Crippen LogP contribution in [0.5, 0.6) is 5.75 Å². The normalized spacial score (nSPS) is 11.1. The molecule has 0 aromatic heterocycles. The summed E-state index contributed by atoms with van der Waals surface area (Å²) < 4.78 is 4.85. The van der Waals surface area contributed by atoms with Gasteiger partial charge < -0.3 is 4.74 Å². The van der Waals surface area contributed by atoms with Crippen molar-refractivity contribution in [1.82, 2.24) is 0 Å². The first-order valence-electron chi connectivity index (χ1n) is 8.56. The van der Waals surface area contributed by atoms with Crippen LogP contribution in [0.1, 0.15) is 52.0 Å². The SMILES string of the molecule is C/C=C/C(=O)Oc1c([N+](=O)[O-])cc(CCCCCC(C)C)cc1[N+](=O)[O-]. The van der Waals surface area contributed by atoms with Crippen LogP contribution in [-0.4, -0.2) is 15.8 Å². The van der Waals surface area contributed by atoms with Crippen molar-refractivity contribution in [3.63, 3.8) is 0 Å². The molecule has 0 saturated heterocycles. The molecule has 0 unspecified atom stereocenters. The average molecular weight is 364 g/mol. The molecule has 8 nitrogen and oxygen atoms in total. The molecule has 1 aromatic rings. The fraction of sp³-hybridized carbons (Fsp3) is 0.500. The highest BCUT2D eigenvalue weighted by atomic mass is 16.6. The summed E-state index contributed by atoms with van der Waals surface area (Å²) >= 11 is 0. The molecule has 0 radical (unpaired) electrons. The molecule has 0 aliphatic carbocycles. The molecule has 0 saturated carbocycles. The Morgan fingerprint density at radius 2 is 1.69 bits per heavy atom. The lowest BCUT2D eigenvalue weighted by Crippen LogP contribution is -2.09. The topological polar surface area (TPSA) is 113 Å². The summed E-state index contributed by atoms with van der Waals surface area (Å²) in [5, 5.41) is 22.6. The molecular weight excluding hydrogens is 340 g/mol. The van der Waals surface area contributed by atoms with E-state index >= 15 is 0 Å². The minimum absolute atomic E-state index is 0.485. The van der Waals surface area contributed by atoms with Crippen LogP contribution in [-0.2, 0) is 11.2 Å². The Morgan fingerprint density at radius 3 is 2.15 bits per heavy atom. The van der Waals surface area contributed by atoms with Gasteiger partial charge in [-0.25, -0.2) is 4.79 Å². The highest BCUT2D eigenvalue weighted by Gasteiger charge is 2.30. The number of ether oxygens (including phenoxy) is 1. The van der Waals surface area contributed by atoms with Crippen molar-refractivity contribution in [2.45, 2.75) is 52.9 Å². The van der Waals surface area contributed by atoms with Gasteiger partial charge in [0.05, 0.1) is 9.85 Å². The third-order valence-electron chi connectivity index (χ3n) is 3.76. The first-order chi connectivity index (χ1) is 12.3. The second-order valence-corrected chi connectivity index (χ2v) is 6.39. The number of rotatable bonds is 10. The van der Waals surface area contributed by atoms with E-state index in [-0.39, 0.29) is 0 Å². The molecule has 1 rings (SSSR count). The van der Waals surface area contributed by atoms with E-state index in [1.807, 2.05) is 0 Å². The predicted molar refractivity (Wildman–Crippen MR) is 97.2 cm³/mol. The van der Waals surface area contributed by atoms with E-state index in [4.69, 9.17) is 4.74 Å². The Morgan fingerprint density at radius 1 is 1.12 bits per heavy atom. The maximum Gasteiger partial charge on any atom is 0.336 e. The summed E-state index contributed by atoms with van der Waals surface area (Å²) in [5.41, 5.74) is -0.665. The Bertz CT molecular complexity index is 662. The van der Waals surface area contributed by atoms with Crippen LogP contribution in [0.2, 0.25) is 0 Å². The van der Waals surface area contributed by atoms with Gasteiger partial charge in [0.2, 0.25) is 0 Å². The number of nitro groups is 2. The van der Waals surface area contributed by atoms with E-state index in [2.05, 4.69) is 13.8 Å². The number of carbonyl (C=O) groups excluding carboxylic acids is 1. The number of nitrogens with zero attached hydrogens (tertiary/aromatic N) is 2. The van der Waals surface area contributed by atoms with Gasteiger partial charge >= 0.3 is 17.3 Å². The molecule has 26 heavy (non-hydrogen) atoms. The molecule has 0 heterocycles. The predicted octanol–water partition coefficient (Wildman–Crippen LogP) is 4.74. The second-order valence-electron chi connectivity index (χ2n) is 6.39. The summed E-state index contributed by atoms with van der Waals surface area (Å²) in [5.74, 6) is -0.921. The Kier molecular flexibility index (Phi) is 8.41. The summed E-state index contributed by atoms with van der Waals surface area (Å²) in [7, 11) is 0. The molecule has 0 atom stereocenters. The number of carbonyl (C=O) groups is 1. The number of hydrogen-bond donors (Lipinski definition) is 0. The van der Waals surface area contributed by atoms with Crippen molar-refractivity contribution in [3.8, 4) is 5.75 Å². The van der Waals surface area contributed by atoms with Gasteiger partial charge in [0.15, 0.2) is 0 Å². The number of allylic oxidation sites excluding steroid dienone is 1. The third-order valence-corrected chi connectivity index (χ3v) is 3.76. The molecule has 0 spiro atoms. The number of aryl methyl sites for hydroxylation is 1. The van der Waals surface area contributed by atoms with Crippen LogP contribution in [0, 0.1) is 26.1 Å². The van der Waals surface area contributed by atoms with Crippen LogP contribution in [0.3, 0.4) is 0 Å². The van der Waals surface area contributed by atoms with E-state index < -0.39 is 32.9 Å². The zero-order valence-electron chi connectivity index (χ0n) is 15.3. The van der Waals surface area contributed by atoms with Crippen molar-refractivity contribution in [1.29, 1.82) is 0 Å². The zero-order valence-corrected chi connectivity index (χ0v) is 15.3. The Balaban J connectivity index is 3.06. The largest absolute Gasteiger partial charge is 0.409 e. The highest BCUT2D eigenvalue weighted by molar-refractivity contribution is 5.86. The van der Waals surface area contributed by atoms with Gasteiger partial charge in [-0.15, -0.1) is 0 Å². The van der Waals surface area contributed by atoms with Crippen LogP contribution in [0.4, 0.5) is 11.4 Å². The fourth-order valence-electron chi connectivity index (χ4n) is 2.50. The molecule has 0 aliphatic rings. The maximum atomic E-state index is 11.6. The fourth-order valence-corrected chi connectivity index (χ4v) is 2.50. The molecule has 0 N–H and O–H groups in total. The standard InChI is InChI=1S/C18H24N2O6/c1-4-8-17(21)26-18-15(19(22)23)11-14(12-16(18)20(24)25)10-7-5-6-9-13(2)3/h4,8,11-13H,5-7,9-10H2,1-3H3/b8-4+. The van der Waals surface area contributed by atoms with E-state index in [0.29, 0.717) is 17.9 Å². The van der Waals surface area contributed by atoms with Gasteiger partial charge in [0, 0.05) is 18.2 Å². The summed E-state index contributed by atoms with van der Waals surface area (Å²) in [6, 6.07) is 2.49. The molecular formula is C18H24N2O6. The first kappa shape index (κ1) is 21.3. The lowest BCUT2D eigenvalue weighted by molar-refractivity contribution is -0.395. The van der Waals surface area contributed by atoms with Gasteiger partial charge in [-0.1, -0.05) is 39.2 Å². The number of benzene rings is 1. The van der Waals surface area contributed by atoms with E-state index in [0.717, 1.165) is 31.8 Å². The van der Waals surface area contributed by atoms with E-state index in [1.54, 1.807) is 6.92 Å². The van der Waals surface area contributed by atoms with Crippen molar-refractivity contribution < 1.29 is 19.4 Å². The van der Waals surface area contributed by atoms with Gasteiger partial charge in [0.25, 0.3) is 5.75 Å². The number of hydrogen-bond acceptors (Lipinski definition) is 6. The van der Waals surface area contributed by atoms with Crippen molar-refractivity contribution in [2.75, 3.05) is 0 Å².